The first kappa shape index (κ1) is 20.2. The van der Waals surface area contributed by atoms with Crippen LogP contribution >= 0.6 is 0 Å². The Hall–Kier alpha value is -3.10. The summed E-state index contributed by atoms with van der Waals surface area (Å²) in [6.07, 6.45) is 1.60. The Labute approximate surface area is 173 Å². The van der Waals surface area contributed by atoms with Crippen molar-refractivity contribution in [2.75, 3.05) is 39.4 Å². The van der Waals surface area contributed by atoms with E-state index in [0.717, 1.165) is 38.4 Å². The number of quaternary nitrogens is 1. The number of nitrogens with one attached hydrogen (secondary N) is 2. The number of amides is 1. The van der Waals surface area contributed by atoms with E-state index in [9.17, 15) is 14.0 Å². The molecule has 1 saturated heterocycles. The topological polar surface area (TPSA) is 77.7 Å². The quantitative estimate of drug-likeness (QED) is 0.609. The van der Waals surface area contributed by atoms with Crippen LogP contribution in [-0.4, -0.2) is 54.9 Å². The molecule has 0 radical (unpaired) electrons. The van der Waals surface area contributed by atoms with Crippen LogP contribution in [0.1, 0.15) is 15.9 Å². The van der Waals surface area contributed by atoms with Gasteiger partial charge < -0.3 is 15.0 Å². The van der Waals surface area contributed by atoms with E-state index in [0.29, 0.717) is 17.6 Å². The number of nitrogens with zero attached hydrogens (tertiary/aromatic N) is 2. The van der Waals surface area contributed by atoms with E-state index in [1.54, 1.807) is 30.5 Å². The number of hydrogen-bond donors (Lipinski definition) is 2. The van der Waals surface area contributed by atoms with E-state index in [1.807, 2.05) is 6.07 Å². The van der Waals surface area contributed by atoms with Gasteiger partial charge in [-0.2, -0.15) is 0 Å². The van der Waals surface area contributed by atoms with Crippen LogP contribution < -0.4 is 15.8 Å². The van der Waals surface area contributed by atoms with Crippen molar-refractivity contribution in [3.8, 4) is 0 Å². The zero-order valence-corrected chi connectivity index (χ0v) is 16.6. The zero-order valence-electron chi connectivity index (χ0n) is 16.6. The van der Waals surface area contributed by atoms with Crippen LogP contribution in [-0.2, 0) is 11.3 Å². The molecule has 156 valence electrons. The van der Waals surface area contributed by atoms with Crippen LogP contribution in [0.5, 0.6) is 0 Å². The molecule has 1 aromatic carbocycles. The molecule has 2 N–H and O–H groups in total. The van der Waals surface area contributed by atoms with Crippen molar-refractivity contribution in [1.29, 1.82) is 0 Å². The Morgan fingerprint density at radius 2 is 1.97 bits per heavy atom. The first-order valence-corrected chi connectivity index (χ1v) is 10.0. The second-order valence-corrected chi connectivity index (χ2v) is 7.36. The van der Waals surface area contributed by atoms with Crippen LogP contribution in [0.3, 0.4) is 0 Å². The molecule has 3 heterocycles. The molecule has 8 heteroatoms. The fourth-order valence-electron chi connectivity index (χ4n) is 3.65. The molecule has 30 heavy (non-hydrogen) atoms. The molecule has 3 aromatic rings. The van der Waals surface area contributed by atoms with Gasteiger partial charge in [-0.15, -0.1) is 0 Å². The summed E-state index contributed by atoms with van der Waals surface area (Å²) in [6, 6.07) is 11.1. The maximum atomic E-state index is 13.2. The zero-order chi connectivity index (χ0) is 20.9. The average Bonchev–Trinajstić information content (AvgIpc) is 2.77. The maximum absolute atomic E-state index is 13.2. The summed E-state index contributed by atoms with van der Waals surface area (Å²) in [5.41, 5.74) is 0.899. The molecule has 1 aliphatic heterocycles. The summed E-state index contributed by atoms with van der Waals surface area (Å²) in [4.78, 5) is 31.6. The molecular formula is C22H24FN4O3+. The molecule has 0 spiro atoms. The molecule has 1 aliphatic rings. The van der Waals surface area contributed by atoms with Crippen molar-refractivity contribution in [3.63, 3.8) is 0 Å². The monoisotopic (exact) mass is 411 g/mol. The van der Waals surface area contributed by atoms with Gasteiger partial charge in [0.25, 0.3) is 11.5 Å². The van der Waals surface area contributed by atoms with Gasteiger partial charge in [-0.3, -0.25) is 14.2 Å². The van der Waals surface area contributed by atoms with E-state index in [2.05, 4.69) is 10.3 Å². The highest BCUT2D eigenvalue weighted by molar-refractivity contribution is 5.96. The third-order valence-corrected chi connectivity index (χ3v) is 5.31. The Morgan fingerprint density at radius 1 is 1.20 bits per heavy atom. The van der Waals surface area contributed by atoms with Gasteiger partial charge in [0, 0.05) is 11.6 Å². The average molecular weight is 411 g/mol. The lowest BCUT2D eigenvalue weighted by Gasteiger charge is -2.23. The van der Waals surface area contributed by atoms with Crippen molar-refractivity contribution in [3.05, 3.63) is 76.0 Å². The van der Waals surface area contributed by atoms with Crippen LogP contribution in [0.2, 0.25) is 0 Å². The number of halogens is 1. The molecule has 2 aromatic heterocycles. The summed E-state index contributed by atoms with van der Waals surface area (Å²) in [6.45, 7) is 4.77. The highest BCUT2D eigenvalue weighted by Gasteiger charge is 2.18. The van der Waals surface area contributed by atoms with Gasteiger partial charge in [-0.25, -0.2) is 9.37 Å². The summed E-state index contributed by atoms with van der Waals surface area (Å²) in [7, 11) is 0. The third-order valence-electron chi connectivity index (χ3n) is 5.31. The maximum Gasteiger partial charge on any atom is 0.265 e. The van der Waals surface area contributed by atoms with Gasteiger partial charge in [0.1, 0.15) is 30.1 Å². The number of hydrogen-bond acceptors (Lipinski definition) is 4. The molecule has 0 saturated carbocycles. The fourth-order valence-corrected chi connectivity index (χ4v) is 3.65. The minimum absolute atomic E-state index is 0.0783. The summed E-state index contributed by atoms with van der Waals surface area (Å²) in [5, 5.41) is 3.56. The predicted octanol–water partition coefficient (Wildman–Crippen LogP) is 0.229. The molecule has 0 unspecified atom stereocenters. The molecule has 0 aliphatic carbocycles. The number of benzene rings is 1. The minimum atomic E-state index is -0.415. The molecule has 7 nitrogen and oxygen atoms in total. The molecule has 1 fully saturated rings. The number of carbonyl (C=O) groups excluding carboxylic acids is 1. The largest absolute Gasteiger partial charge is 0.370 e. The van der Waals surface area contributed by atoms with Crippen molar-refractivity contribution >= 4 is 16.9 Å². The van der Waals surface area contributed by atoms with Crippen molar-refractivity contribution in [1.82, 2.24) is 14.9 Å². The fraction of sp³-hybridized carbons (Fsp3) is 0.318. The number of ether oxygens (including phenoxy) is 1. The highest BCUT2D eigenvalue weighted by atomic mass is 19.1. The van der Waals surface area contributed by atoms with E-state index in [-0.39, 0.29) is 17.9 Å². The second kappa shape index (κ2) is 9.15. The van der Waals surface area contributed by atoms with Crippen molar-refractivity contribution < 1.29 is 18.8 Å². The molecule has 1 amide bonds. The van der Waals surface area contributed by atoms with Gasteiger partial charge in [-0.1, -0.05) is 12.1 Å². The molecule has 0 bridgehead atoms. The minimum Gasteiger partial charge on any atom is -0.370 e. The number of pyridine rings is 2. The van der Waals surface area contributed by atoms with Gasteiger partial charge >= 0.3 is 0 Å². The lowest BCUT2D eigenvalue weighted by Crippen LogP contribution is -3.14. The first-order valence-electron chi connectivity index (χ1n) is 10.0. The first-order chi connectivity index (χ1) is 14.6. The number of morpholine rings is 1. The smallest absolute Gasteiger partial charge is 0.265 e. The van der Waals surface area contributed by atoms with Gasteiger partial charge in [0.05, 0.1) is 32.8 Å². The Morgan fingerprint density at radius 3 is 2.73 bits per heavy atom. The van der Waals surface area contributed by atoms with Gasteiger partial charge in [-0.05, 0) is 35.9 Å². The predicted molar refractivity (Wildman–Crippen MR) is 110 cm³/mol. The Balaban J connectivity index is 1.58. The number of aromatic nitrogens is 2. The van der Waals surface area contributed by atoms with Crippen LogP contribution in [0.4, 0.5) is 4.39 Å². The summed E-state index contributed by atoms with van der Waals surface area (Å²) >= 11 is 0. The Bertz CT molecular complexity index is 1090. The normalized spacial score (nSPS) is 14.7. The number of carbonyl (C=O) groups is 1. The van der Waals surface area contributed by atoms with E-state index in [1.165, 1.54) is 21.6 Å². The van der Waals surface area contributed by atoms with E-state index < -0.39 is 11.5 Å². The van der Waals surface area contributed by atoms with Crippen molar-refractivity contribution in [2.45, 2.75) is 6.54 Å². The van der Waals surface area contributed by atoms with Gasteiger partial charge in [0.15, 0.2) is 0 Å². The Kier molecular flexibility index (Phi) is 6.15. The third kappa shape index (κ3) is 4.55. The van der Waals surface area contributed by atoms with Gasteiger partial charge in [0.2, 0.25) is 0 Å². The number of fused-ring (bicyclic) bond motifs is 1. The molecule has 0 atom stereocenters. The second-order valence-electron chi connectivity index (χ2n) is 7.36. The number of rotatable bonds is 6. The lowest BCUT2D eigenvalue weighted by molar-refractivity contribution is -0.906. The SMILES string of the molecule is O=C(NCC[NH+]1CCOCC1)c1cc2cccnc2n(Cc2ccc(F)cc2)c1=O. The summed E-state index contributed by atoms with van der Waals surface area (Å²) in [5.74, 6) is -0.740. The standard InChI is InChI=1S/C22H23FN4O3/c23-18-5-3-16(4-6-18)15-27-20-17(2-1-7-24-20)14-19(22(27)29)21(28)25-8-9-26-10-12-30-13-11-26/h1-7,14H,8-13,15H2,(H,25,28)/p+1. The summed E-state index contributed by atoms with van der Waals surface area (Å²) < 4.78 is 20.0. The van der Waals surface area contributed by atoms with E-state index >= 15 is 0 Å². The molecule has 4 rings (SSSR count). The lowest BCUT2D eigenvalue weighted by atomic mass is 10.1. The van der Waals surface area contributed by atoms with Crippen LogP contribution in [0.25, 0.3) is 11.0 Å². The van der Waals surface area contributed by atoms with E-state index in [4.69, 9.17) is 4.74 Å². The van der Waals surface area contributed by atoms with Crippen molar-refractivity contribution in [2.24, 2.45) is 0 Å². The van der Waals surface area contributed by atoms with Crippen LogP contribution in [0, 0.1) is 5.82 Å². The highest BCUT2D eigenvalue weighted by Crippen LogP contribution is 2.13. The van der Waals surface area contributed by atoms with Crippen LogP contribution in [0.15, 0.2) is 53.5 Å². The molecular weight excluding hydrogens is 387 g/mol.